The zero-order valence-electron chi connectivity index (χ0n) is 20.8. The molecular weight excluding hydrogens is 485 g/mol. The van der Waals surface area contributed by atoms with Gasteiger partial charge in [0.1, 0.15) is 26.9 Å². The molecule has 1 N–H and O–H groups in total. The number of hydrogen-bond donors (Lipinski definition) is 1. The molecule has 0 amide bonds. The number of phenols is 1. The van der Waals surface area contributed by atoms with Gasteiger partial charge in [-0.3, -0.25) is 14.2 Å². The molecule has 0 aliphatic heterocycles. The van der Waals surface area contributed by atoms with Crippen LogP contribution < -0.4 is 11.2 Å². The molecule has 0 bridgehead atoms. The Morgan fingerprint density at radius 1 is 1.19 bits per heavy atom. The monoisotopic (exact) mass is 513 g/mol. The lowest BCUT2D eigenvalue weighted by atomic mass is 9.91. The van der Waals surface area contributed by atoms with E-state index in [0.29, 0.717) is 26.3 Å². The van der Waals surface area contributed by atoms with Crippen LogP contribution in [-0.4, -0.2) is 35.0 Å². The first-order valence-corrected chi connectivity index (χ1v) is 12.4. The number of carbonyl (C=O) groups excluding carboxylic acids is 1. The molecule has 4 aromatic rings. The minimum atomic E-state index is -1.39. The average molecular weight is 514 g/mol. The lowest BCUT2D eigenvalue weighted by Crippen LogP contribution is -2.52. The number of rotatable bonds is 8. The van der Waals surface area contributed by atoms with Gasteiger partial charge < -0.3 is 5.11 Å². The molecule has 0 aliphatic rings. The number of aromatic hydroxyl groups is 1. The van der Waals surface area contributed by atoms with Crippen molar-refractivity contribution in [2.75, 3.05) is 0 Å². The van der Waals surface area contributed by atoms with Gasteiger partial charge in [0.2, 0.25) is 0 Å². The van der Waals surface area contributed by atoms with Crippen molar-refractivity contribution in [3.63, 3.8) is 0 Å². The summed E-state index contributed by atoms with van der Waals surface area (Å²) >= 11 is 1.18. The van der Waals surface area contributed by atoms with Gasteiger partial charge in [0.15, 0.2) is 5.78 Å². The minimum Gasteiger partial charge on any atom is -0.508 e. The molecule has 0 atom stereocenters. The van der Waals surface area contributed by atoms with Gasteiger partial charge in [-0.2, -0.15) is 10.2 Å². The topological polar surface area (TPSA) is 112 Å². The molecule has 9 nitrogen and oxygen atoms in total. The molecule has 1 aromatic carbocycles. The van der Waals surface area contributed by atoms with E-state index in [1.165, 1.54) is 45.2 Å². The van der Waals surface area contributed by atoms with E-state index in [9.17, 15) is 23.9 Å². The minimum absolute atomic E-state index is 0.0486. The number of halogens is 1. The Morgan fingerprint density at radius 3 is 2.50 bits per heavy atom. The normalized spacial score (nSPS) is 12.1. The third kappa shape index (κ3) is 4.39. The number of carbonyl (C=O) groups is 1. The van der Waals surface area contributed by atoms with E-state index in [2.05, 4.69) is 10.2 Å². The van der Waals surface area contributed by atoms with E-state index in [-0.39, 0.29) is 36.8 Å². The summed E-state index contributed by atoms with van der Waals surface area (Å²) in [6, 6.07) is 3.62. The van der Waals surface area contributed by atoms with Gasteiger partial charge in [-0.25, -0.2) is 13.8 Å². The number of benzene rings is 1. The molecule has 4 rings (SSSR count). The zero-order valence-corrected chi connectivity index (χ0v) is 21.6. The van der Waals surface area contributed by atoms with E-state index < -0.39 is 22.6 Å². The summed E-state index contributed by atoms with van der Waals surface area (Å²) in [5.74, 6) is -0.781. The number of Topliss-reactive ketones (excluding diaryl/α,β-unsaturated/α-hetero) is 1. The third-order valence-electron chi connectivity index (χ3n) is 6.27. The SMILES string of the molecule is Cc1c(-n2nccn2)sc2c1c(=O)n(C(C)(C)C(=O)CC(C)C)c(=O)n2CCc1cc(F)ccc1O. The van der Waals surface area contributed by atoms with Crippen molar-refractivity contribution < 1.29 is 14.3 Å². The molecule has 0 saturated carbocycles. The molecule has 0 fully saturated rings. The van der Waals surface area contributed by atoms with Crippen LogP contribution in [0.5, 0.6) is 5.75 Å². The maximum atomic E-state index is 13.8. The lowest BCUT2D eigenvalue weighted by molar-refractivity contribution is -0.127. The van der Waals surface area contributed by atoms with Gasteiger partial charge in [0.05, 0.1) is 17.8 Å². The standard InChI is InChI=1S/C25H28FN5O4S/c1-14(2)12-19(33)25(4,5)30-21(34)20-15(3)22(31-27-9-10-28-31)36-23(20)29(24(30)35)11-8-16-13-17(26)6-7-18(16)32/h6-7,9-10,13-14,32H,8,11-12H2,1-5H3. The van der Waals surface area contributed by atoms with Crippen LogP contribution in [0.1, 0.15) is 45.2 Å². The van der Waals surface area contributed by atoms with Crippen molar-refractivity contribution in [2.45, 2.75) is 59.5 Å². The molecule has 11 heteroatoms. The van der Waals surface area contributed by atoms with Gasteiger partial charge in [-0.15, -0.1) is 4.80 Å². The van der Waals surface area contributed by atoms with Gasteiger partial charge in [-0.05, 0) is 56.9 Å². The second kappa shape index (κ2) is 9.45. The summed E-state index contributed by atoms with van der Waals surface area (Å²) in [4.78, 5) is 42.5. The number of thiophene rings is 1. The summed E-state index contributed by atoms with van der Waals surface area (Å²) in [5, 5.41) is 19.4. The van der Waals surface area contributed by atoms with Gasteiger partial charge in [-0.1, -0.05) is 25.2 Å². The fourth-order valence-corrected chi connectivity index (χ4v) is 5.50. The first-order chi connectivity index (χ1) is 16.9. The fraction of sp³-hybridized carbons (Fsp3) is 0.400. The van der Waals surface area contributed by atoms with Crippen molar-refractivity contribution in [3.05, 3.63) is 68.4 Å². The summed E-state index contributed by atoms with van der Waals surface area (Å²) in [6.45, 7) is 8.75. The van der Waals surface area contributed by atoms with Crippen molar-refractivity contribution in [2.24, 2.45) is 5.92 Å². The van der Waals surface area contributed by atoms with Crippen LogP contribution in [0.4, 0.5) is 4.39 Å². The Kier molecular flexibility index (Phi) is 6.70. The van der Waals surface area contributed by atoms with Crippen molar-refractivity contribution in [1.82, 2.24) is 24.1 Å². The first-order valence-electron chi connectivity index (χ1n) is 11.6. The smallest absolute Gasteiger partial charge is 0.332 e. The number of aryl methyl sites for hydroxylation is 3. The van der Waals surface area contributed by atoms with Crippen LogP contribution in [0.2, 0.25) is 0 Å². The zero-order chi connectivity index (χ0) is 26.4. The van der Waals surface area contributed by atoms with Crippen LogP contribution in [0.3, 0.4) is 0 Å². The Morgan fingerprint density at radius 2 is 1.86 bits per heavy atom. The second-order valence-electron chi connectivity index (χ2n) is 9.71. The highest BCUT2D eigenvalue weighted by atomic mass is 32.1. The van der Waals surface area contributed by atoms with Crippen LogP contribution in [0, 0.1) is 18.7 Å². The van der Waals surface area contributed by atoms with Crippen LogP contribution in [0.25, 0.3) is 15.2 Å². The second-order valence-corrected chi connectivity index (χ2v) is 10.7. The average Bonchev–Trinajstić information content (AvgIpc) is 3.43. The maximum Gasteiger partial charge on any atom is 0.332 e. The number of aromatic nitrogens is 5. The predicted octanol–water partition coefficient (Wildman–Crippen LogP) is 3.55. The number of phenolic OH excluding ortho intramolecular Hbond substituents is 1. The number of ketones is 1. The van der Waals surface area contributed by atoms with E-state index in [4.69, 9.17) is 0 Å². The van der Waals surface area contributed by atoms with Gasteiger partial charge in [0.25, 0.3) is 5.56 Å². The molecule has 3 heterocycles. The Hall–Kier alpha value is -3.60. The fourth-order valence-electron chi connectivity index (χ4n) is 4.27. The predicted molar refractivity (Wildman–Crippen MR) is 136 cm³/mol. The Bertz CT molecular complexity index is 1560. The van der Waals surface area contributed by atoms with Crippen LogP contribution >= 0.6 is 11.3 Å². The molecular formula is C25H28FN5O4S. The molecule has 0 spiro atoms. The van der Waals surface area contributed by atoms with Crippen molar-refractivity contribution in [1.29, 1.82) is 0 Å². The highest BCUT2D eigenvalue weighted by Crippen LogP contribution is 2.31. The van der Waals surface area contributed by atoms with Gasteiger partial charge in [0, 0.05) is 18.5 Å². The number of hydrogen-bond acceptors (Lipinski definition) is 7. The summed E-state index contributed by atoms with van der Waals surface area (Å²) in [7, 11) is 0. The summed E-state index contributed by atoms with van der Waals surface area (Å²) in [5.41, 5.74) is -1.70. The molecule has 0 saturated heterocycles. The highest BCUT2D eigenvalue weighted by molar-refractivity contribution is 7.21. The van der Waals surface area contributed by atoms with Crippen molar-refractivity contribution in [3.8, 4) is 10.8 Å². The lowest BCUT2D eigenvalue weighted by Gasteiger charge is -2.27. The molecule has 0 radical (unpaired) electrons. The number of nitrogens with zero attached hydrogens (tertiary/aromatic N) is 5. The van der Waals surface area contributed by atoms with Crippen molar-refractivity contribution >= 4 is 27.3 Å². The highest BCUT2D eigenvalue weighted by Gasteiger charge is 2.35. The van der Waals surface area contributed by atoms with E-state index >= 15 is 0 Å². The Labute approximate surface area is 210 Å². The third-order valence-corrected chi connectivity index (χ3v) is 7.55. The van der Waals surface area contributed by atoms with E-state index in [0.717, 1.165) is 10.6 Å². The molecule has 190 valence electrons. The molecule has 0 unspecified atom stereocenters. The summed E-state index contributed by atoms with van der Waals surface area (Å²) in [6.07, 6.45) is 3.36. The number of fused-ring (bicyclic) bond motifs is 1. The quantitative estimate of drug-likeness (QED) is 0.386. The molecule has 0 aliphatic carbocycles. The van der Waals surface area contributed by atoms with E-state index in [1.54, 1.807) is 20.8 Å². The molecule has 3 aromatic heterocycles. The molecule has 36 heavy (non-hydrogen) atoms. The largest absolute Gasteiger partial charge is 0.508 e. The van der Waals surface area contributed by atoms with Crippen LogP contribution in [-0.2, 0) is 23.3 Å². The summed E-state index contributed by atoms with van der Waals surface area (Å²) < 4.78 is 16.2. The maximum absolute atomic E-state index is 13.8. The first kappa shape index (κ1) is 25.5. The van der Waals surface area contributed by atoms with Crippen LogP contribution in [0.15, 0.2) is 40.2 Å². The Balaban J connectivity index is 1.97. The van der Waals surface area contributed by atoms with Gasteiger partial charge >= 0.3 is 5.69 Å². The van der Waals surface area contributed by atoms with E-state index in [1.807, 2.05) is 13.8 Å².